The Bertz CT molecular complexity index is 634. The summed E-state index contributed by atoms with van der Waals surface area (Å²) >= 11 is 5.55. The van der Waals surface area contributed by atoms with E-state index in [1.807, 2.05) is 6.92 Å². The second-order valence-electron chi connectivity index (χ2n) is 5.78. The average Bonchev–Trinajstić information content (AvgIpc) is 2.87. The third kappa shape index (κ3) is 4.41. The largest absolute Gasteiger partial charge is 0.417 e. The van der Waals surface area contributed by atoms with Crippen LogP contribution in [0.5, 0.6) is 0 Å². The maximum atomic E-state index is 12.8. The molecule has 132 valence electrons. The first-order chi connectivity index (χ1) is 11.2. The molecule has 0 aromatic heterocycles. The Morgan fingerprint density at radius 3 is 2.75 bits per heavy atom. The van der Waals surface area contributed by atoms with Crippen LogP contribution in [-0.2, 0) is 15.8 Å². The molecule has 0 bridgehead atoms. The summed E-state index contributed by atoms with van der Waals surface area (Å²) in [6.07, 6.45) is -2.73. The highest BCUT2D eigenvalue weighted by Crippen LogP contribution is 2.36. The third-order valence-electron chi connectivity index (χ3n) is 3.91. The van der Waals surface area contributed by atoms with Crippen LogP contribution in [0.3, 0.4) is 0 Å². The van der Waals surface area contributed by atoms with Crippen molar-refractivity contribution in [3.63, 3.8) is 0 Å². The molecular formula is C16H18ClF3N2O2. The zero-order valence-electron chi connectivity index (χ0n) is 13.1. The van der Waals surface area contributed by atoms with E-state index in [9.17, 15) is 22.8 Å². The number of amides is 2. The first-order valence-electron chi connectivity index (χ1n) is 7.67. The average molecular weight is 363 g/mol. The first-order valence-corrected chi connectivity index (χ1v) is 8.05. The second kappa shape index (κ2) is 7.42. The topological polar surface area (TPSA) is 49.4 Å². The molecule has 1 saturated heterocycles. The number of carbonyl (C=O) groups is 2. The van der Waals surface area contributed by atoms with E-state index in [-0.39, 0.29) is 18.0 Å². The third-order valence-corrected chi connectivity index (χ3v) is 4.24. The van der Waals surface area contributed by atoms with Crippen molar-refractivity contribution in [3.8, 4) is 0 Å². The molecule has 1 heterocycles. The van der Waals surface area contributed by atoms with Crippen LogP contribution >= 0.6 is 11.6 Å². The van der Waals surface area contributed by atoms with Crippen molar-refractivity contribution in [3.05, 3.63) is 28.8 Å². The number of likely N-dealkylation sites (tertiary alicyclic amines) is 1. The molecule has 1 aromatic rings. The van der Waals surface area contributed by atoms with Gasteiger partial charge in [0.05, 0.1) is 16.5 Å². The van der Waals surface area contributed by atoms with E-state index >= 15 is 0 Å². The number of nitrogens with zero attached hydrogens (tertiary/aromatic N) is 1. The maximum absolute atomic E-state index is 12.8. The number of nitrogens with one attached hydrogen (secondary N) is 1. The highest BCUT2D eigenvalue weighted by molar-refractivity contribution is 6.31. The van der Waals surface area contributed by atoms with E-state index in [2.05, 4.69) is 5.32 Å². The number of alkyl halides is 3. The monoisotopic (exact) mass is 362 g/mol. The summed E-state index contributed by atoms with van der Waals surface area (Å²) in [6.45, 7) is 2.90. The van der Waals surface area contributed by atoms with Crippen molar-refractivity contribution in [2.75, 3.05) is 18.4 Å². The number of benzene rings is 1. The number of anilines is 1. The number of hydrogen-bond acceptors (Lipinski definition) is 2. The number of unbranched alkanes of at least 4 members (excludes halogenated alkanes) is 1. The van der Waals surface area contributed by atoms with Crippen molar-refractivity contribution in [2.45, 2.75) is 32.4 Å². The predicted octanol–water partition coefficient (Wildman–Crippen LogP) is 3.95. The Morgan fingerprint density at radius 2 is 2.12 bits per heavy atom. The SMILES string of the molecule is CCCCN1CC(C(=O)Nc2ccc(Cl)c(C(F)(F)F)c2)CC1=O. The molecule has 1 N–H and O–H groups in total. The van der Waals surface area contributed by atoms with Gasteiger partial charge in [-0.3, -0.25) is 9.59 Å². The summed E-state index contributed by atoms with van der Waals surface area (Å²) in [5, 5.41) is 2.02. The minimum atomic E-state index is -4.60. The molecule has 1 fully saturated rings. The second-order valence-corrected chi connectivity index (χ2v) is 6.18. The van der Waals surface area contributed by atoms with E-state index in [1.165, 1.54) is 6.07 Å². The Balaban J connectivity index is 2.04. The van der Waals surface area contributed by atoms with Crippen molar-refractivity contribution in [2.24, 2.45) is 5.92 Å². The van der Waals surface area contributed by atoms with Crippen molar-refractivity contribution in [1.29, 1.82) is 0 Å². The molecule has 0 aliphatic carbocycles. The van der Waals surface area contributed by atoms with E-state index in [4.69, 9.17) is 11.6 Å². The standard InChI is InChI=1S/C16H18ClF3N2O2/c1-2-3-6-22-9-10(7-14(22)23)15(24)21-11-4-5-13(17)12(8-11)16(18,19)20/h4-5,8,10H,2-3,6-7,9H2,1H3,(H,21,24). The lowest BCUT2D eigenvalue weighted by molar-refractivity contribution is -0.137. The van der Waals surface area contributed by atoms with E-state index in [1.54, 1.807) is 4.90 Å². The summed E-state index contributed by atoms with van der Waals surface area (Å²) in [5.41, 5.74) is -0.995. The van der Waals surface area contributed by atoms with E-state index < -0.39 is 28.6 Å². The van der Waals surface area contributed by atoms with Crippen LogP contribution in [0.2, 0.25) is 5.02 Å². The van der Waals surface area contributed by atoms with Crippen LogP contribution in [0, 0.1) is 5.92 Å². The number of halogens is 4. The Hall–Kier alpha value is -1.76. The van der Waals surface area contributed by atoms with Gasteiger partial charge < -0.3 is 10.2 Å². The molecule has 24 heavy (non-hydrogen) atoms. The molecule has 2 rings (SSSR count). The van der Waals surface area contributed by atoms with Crippen LogP contribution in [0.4, 0.5) is 18.9 Å². The minimum absolute atomic E-state index is 0.0104. The lowest BCUT2D eigenvalue weighted by Gasteiger charge is -2.16. The zero-order chi connectivity index (χ0) is 17.9. The Morgan fingerprint density at radius 1 is 1.42 bits per heavy atom. The normalized spacial score (nSPS) is 18.1. The lowest BCUT2D eigenvalue weighted by atomic mass is 10.1. The highest BCUT2D eigenvalue weighted by Gasteiger charge is 2.35. The molecule has 1 unspecified atom stereocenters. The zero-order valence-corrected chi connectivity index (χ0v) is 13.9. The first kappa shape index (κ1) is 18.6. The summed E-state index contributed by atoms with van der Waals surface area (Å²) in [7, 11) is 0. The van der Waals surface area contributed by atoms with Gasteiger partial charge in [0.2, 0.25) is 11.8 Å². The number of hydrogen-bond donors (Lipinski definition) is 1. The van der Waals surface area contributed by atoms with Gasteiger partial charge in [-0.25, -0.2) is 0 Å². The molecule has 2 amide bonds. The summed E-state index contributed by atoms with van der Waals surface area (Å²) in [4.78, 5) is 25.7. The van der Waals surface area contributed by atoms with Crippen molar-refractivity contribution < 1.29 is 22.8 Å². The van der Waals surface area contributed by atoms with Gasteiger partial charge in [-0.05, 0) is 24.6 Å². The smallest absolute Gasteiger partial charge is 0.342 e. The number of rotatable bonds is 5. The van der Waals surface area contributed by atoms with Crippen LogP contribution in [0.15, 0.2) is 18.2 Å². The van der Waals surface area contributed by atoms with Gasteiger partial charge in [-0.1, -0.05) is 24.9 Å². The summed E-state index contributed by atoms with van der Waals surface area (Å²) in [6, 6.07) is 3.19. The molecule has 0 spiro atoms. The van der Waals surface area contributed by atoms with Crippen LogP contribution in [0.25, 0.3) is 0 Å². The van der Waals surface area contributed by atoms with Gasteiger partial charge in [-0.2, -0.15) is 13.2 Å². The van der Waals surface area contributed by atoms with Crippen molar-refractivity contribution >= 4 is 29.1 Å². The molecule has 1 atom stereocenters. The molecule has 1 aromatic carbocycles. The van der Waals surface area contributed by atoms with Crippen molar-refractivity contribution in [1.82, 2.24) is 4.90 Å². The molecule has 1 aliphatic heterocycles. The maximum Gasteiger partial charge on any atom is 0.417 e. The van der Waals surface area contributed by atoms with Gasteiger partial charge in [0.15, 0.2) is 0 Å². The van der Waals surface area contributed by atoms with Crippen LogP contribution < -0.4 is 5.32 Å². The van der Waals surface area contributed by atoms with E-state index in [0.29, 0.717) is 13.1 Å². The van der Waals surface area contributed by atoms with Gasteiger partial charge in [0, 0.05) is 25.2 Å². The molecule has 8 heteroatoms. The quantitative estimate of drug-likeness (QED) is 0.862. The fourth-order valence-electron chi connectivity index (χ4n) is 2.58. The minimum Gasteiger partial charge on any atom is -0.342 e. The fraction of sp³-hybridized carbons (Fsp3) is 0.500. The van der Waals surface area contributed by atoms with Gasteiger partial charge in [-0.15, -0.1) is 0 Å². The lowest BCUT2D eigenvalue weighted by Crippen LogP contribution is -2.29. The summed E-state index contributed by atoms with van der Waals surface area (Å²) < 4.78 is 38.5. The van der Waals surface area contributed by atoms with Crippen LogP contribution in [0.1, 0.15) is 31.7 Å². The number of carbonyl (C=O) groups excluding carboxylic acids is 2. The van der Waals surface area contributed by atoms with E-state index in [0.717, 1.165) is 25.0 Å². The molecule has 1 aliphatic rings. The van der Waals surface area contributed by atoms with Gasteiger partial charge in [0.1, 0.15) is 0 Å². The Kier molecular flexibility index (Phi) is 5.74. The molecular weight excluding hydrogens is 345 g/mol. The van der Waals surface area contributed by atoms with Gasteiger partial charge >= 0.3 is 6.18 Å². The molecule has 0 radical (unpaired) electrons. The fourth-order valence-corrected chi connectivity index (χ4v) is 2.80. The molecule has 0 saturated carbocycles. The summed E-state index contributed by atoms with van der Waals surface area (Å²) in [5.74, 6) is -1.12. The Labute approximate surface area is 143 Å². The van der Waals surface area contributed by atoms with Crippen LogP contribution in [-0.4, -0.2) is 29.8 Å². The van der Waals surface area contributed by atoms with Gasteiger partial charge in [0.25, 0.3) is 0 Å². The highest BCUT2D eigenvalue weighted by atomic mass is 35.5. The molecule has 4 nitrogen and oxygen atoms in total. The predicted molar refractivity (Wildman–Crippen MR) is 84.7 cm³/mol.